The molecule has 6 heteroatoms. The van der Waals surface area contributed by atoms with E-state index in [1.165, 1.54) is 0 Å². The number of amides is 1. The minimum Gasteiger partial charge on any atom is -0.497 e. The van der Waals surface area contributed by atoms with Gasteiger partial charge in [-0.25, -0.2) is 4.98 Å². The van der Waals surface area contributed by atoms with Gasteiger partial charge in [0, 0.05) is 24.6 Å². The Bertz CT molecular complexity index is 688. The smallest absolute Gasteiger partial charge is 0.256 e. The van der Waals surface area contributed by atoms with Crippen LogP contribution in [0.1, 0.15) is 28.2 Å². The first-order valence-corrected chi connectivity index (χ1v) is 8.93. The van der Waals surface area contributed by atoms with Crippen LogP contribution in [0.5, 0.6) is 11.6 Å². The normalized spacial score (nSPS) is 16.9. The summed E-state index contributed by atoms with van der Waals surface area (Å²) in [6.07, 6.45) is 1.58. The molecule has 1 aromatic carbocycles. The summed E-state index contributed by atoms with van der Waals surface area (Å²) in [7, 11) is 1.65. The number of thioether (sulfide) groups is 1. The second kappa shape index (κ2) is 7.57. The quantitative estimate of drug-likeness (QED) is 0.832. The highest BCUT2D eigenvalue weighted by molar-refractivity contribution is 7.99. The maximum atomic E-state index is 12.8. The van der Waals surface area contributed by atoms with Crippen LogP contribution in [-0.2, 0) is 0 Å². The van der Waals surface area contributed by atoms with E-state index >= 15 is 0 Å². The number of rotatable bonds is 5. The van der Waals surface area contributed by atoms with E-state index in [1.807, 2.05) is 36.1 Å². The molecule has 0 saturated carbocycles. The molecule has 0 bridgehead atoms. The van der Waals surface area contributed by atoms with E-state index in [1.54, 1.807) is 37.2 Å². The third-order valence-electron chi connectivity index (χ3n) is 3.83. The van der Waals surface area contributed by atoms with Crippen molar-refractivity contribution in [3.8, 4) is 11.6 Å². The molecule has 1 saturated heterocycles. The number of ether oxygens (including phenoxy) is 2. The molecule has 2 aromatic rings. The average Bonchev–Trinajstić information content (AvgIpc) is 3.12. The zero-order chi connectivity index (χ0) is 16.9. The first kappa shape index (κ1) is 16.6. The van der Waals surface area contributed by atoms with Gasteiger partial charge in [0.25, 0.3) is 5.91 Å². The van der Waals surface area contributed by atoms with Gasteiger partial charge in [0.1, 0.15) is 11.1 Å². The molecule has 126 valence electrons. The molecule has 2 heterocycles. The number of nitrogens with zero attached hydrogens (tertiary/aromatic N) is 2. The number of pyridine rings is 1. The molecule has 1 aliphatic rings. The molecule has 1 unspecified atom stereocenters. The van der Waals surface area contributed by atoms with Crippen LogP contribution in [0.4, 0.5) is 0 Å². The van der Waals surface area contributed by atoms with Gasteiger partial charge >= 0.3 is 0 Å². The molecule has 1 fully saturated rings. The van der Waals surface area contributed by atoms with Gasteiger partial charge in [-0.05, 0) is 30.7 Å². The van der Waals surface area contributed by atoms with Crippen molar-refractivity contribution in [3.63, 3.8) is 0 Å². The number of aromatic nitrogens is 1. The lowest BCUT2D eigenvalue weighted by atomic mass is 10.1. The van der Waals surface area contributed by atoms with Gasteiger partial charge in [-0.1, -0.05) is 12.1 Å². The first-order chi connectivity index (χ1) is 11.7. The molecule has 3 rings (SSSR count). The fourth-order valence-electron chi connectivity index (χ4n) is 2.63. The molecule has 1 aliphatic heterocycles. The number of carbonyl (C=O) groups excluding carboxylic acids is 1. The summed E-state index contributed by atoms with van der Waals surface area (Å²) in [5.74, 6) is 2.27. The molecule has 0 spiro atoms. The number of hydrogen-bond acceptors (Lipinski definition) is 5. The number of carbonyl (C=O) groups is 1. The van der Waals surface area contributed by atoms with Crippen LogP contribution in [0.3, 0.4) is 0 Å². The Labute approximate surface area is 146 Å². The number of benzene rings is 1. The minimum atomic E-state index is -0.00336. The predicted octanol–water partition coefficient (Wildman–Crippen LogP) is 3.38. The maximum absolute atomic E-state index is 12.8. The van der Waals surface area contributed by atoms with Crippen molar-refractivity contribution in [2.24, 2.45) is 0 Å². The maximum Gasteiger partial charge on any atom is 0.256 e. The Morgan fingerprint density at radius 2 is 2.08 bits per heavy atom. The number of methoxy groups -OCH3 is 1. The molecule has 0 N–H and O–H groups in total. The third-order valence-corrected chi connectivity index (χ3v) is 5.09. The van der Waals surface area contributed by atoms with Gasteiger partial charge in [0.15, 0.2) is 0 Å². The largest absolute Gasteiger partial charge is 0.497 e. The Morgan fingerprint density at radius 3 is 2.71 bits per heavy atom. The fraction of sp³-hybridized carbons (Fsp3) is 0.333. The lowest BCUT2D eigenvalue weighted by molar-refractivity contribution is 0.0760. The molecule has 1 atom stereocenters. The van der Waals surface area contributed by atoms with E-state index in [4.69, 9.17) is 9.47 Å². The van der Waals surface area contributed by atoms with Crippen LogP contribution in [0.2, 0.25) is 0 Å². The van der Waals surface area contributed by atoms with Crippen molar-refractivity contribution < 1.29 is 14.3 Å². The van der Waals surface area contributed by atoms with E-state index in [2.05, 4.69) is 4.98 Å². The van der Waals surface area contributed by atoms with E-state index < -0.39 is 0 Å². The van der Waals surface area contributed by atoms with Crippen molar-refractivity contribution in [1.29, 1.82) is 0 Å². The third kappa shape index (κ3) is 3.48. The monoisotopic (exact) mass is 344 g/mol. The van der Waals surface area contributed by atoms with E-state index in [0.29, 0.717) is 18.1 Å². The summed E-state index contributed by atoms with van der Waals surface area (Å²) in [6, 6.07) is 11.4. The van der Waals surface area contributed by atoms with Gasteiger partial charge in [-0.15, -0.1) is 11.8 Å². The lowest BCUT2D eigenvalue weighted by Crippen LogP contribution is -2.30. The Hall–Kier alpha value is -2.21. The molecule has 0 radical (unpaired) electrons. The van der Waals surface area contributed by atoms with Crippen LogP contribution in [0.15, 0.2) is 42.6 Å². The van der Waals surface area contributed by atoms with Crippen LogP contribution in [0, 0.1) is 0 Å². The average molecular weight is 344 g/mol. The van der Waals surface area contributed by atoms with Crippen LogP contribution < -0.4 is 9.47 Å². The van der Waals surface area contributed by atoms with Gasteiger partial charge in [-0.2, -0.15) is 0 Å². The molecule has 1 aromatic heterocycles. The number of hydrogen-bond donors (Lipinski definition) is 0. The van der Waals surface area contributed by atoms with E-state index in [9.17, 15) is 4.79 Å². The Morgan fingerprint density at radius 1 is 1.29 bits per heavy atom. The zero-order valence-electron chi connectivity index (χ0n) is 13.8. The van der Waals surface area contributed by atoms with Crippen molar-refractivity contribution in [2.75, 3.05) is 26.0 Å². The molecule has 1 amide bonds. The lowest BCUT2D eigenvalue weighted by Gasteiger charge is -2.24. The summed E-state index contributed by atoms with van der Waals surface area (Å²) in [6.45, 7) is 3.19. The van der Waals surface area contributed by atoms with Crippen molar-refractivity contribution >= 4 is 17.7 Å². The van der Waals surface area contributed by atoms with E-state index in [0.717, 1.165) is 23.6 Å². The molecular weight excluding hydrogens is 324 g/mol. The van der Waals surface area contributed by atoms with Crippen LogP contribution in [0.25, 0.3) is 0 Å². The second-order valence-corrected chi connectivity index (χ2v) is 6.50. The summed E-state index contributed by atoms with van der Waals surface area (Å²) in [5.41, 5.74) is 1.69. The van der Waals surface area contributed by atoms with Crippen LogP contribution in [-0.4, -0.2) is 41.8 Å². The molecular formula is C18H20N2O3S. The summed E-state index contributed by atoms with van der Waals surface area (Å²) >= 11 is 1.77. The SMILES string of the molecule is CCOc1ccc(C(=O)N2CCSC2c2ccc(OC)cc2)cn1. The summed E-state index contributed by atoms with van der Waals surface area (Å²) < 4.78 is 10.5. The minimum absolute atomic E-state index is 0.00336. The molecule has 24 heavy (non-hydrogen) atoms. The molecule has 0 aliphatic carbocycles. The van der Waals surface area contributed by atoms with Gasteiger partial charge in [-0.3, -0.25) is 4.79 Å². The fourth-order valence-corrected chi connectivity index (χ4v) is 3.88. The van der Waals surface area contributed by atoms with Gasteiger partial charge < -0.3 is 14.4 Å². The van der Waals surface area contributed by atoms with Gasteiger partial charge in [0.05, 0.1) is 19.3 Å². The molecule has 5 nitrogen and oxygen atoms in total. The first-order valence-electron chi connectivity index (χ1n) is 7.88. The Kier molecular flexibility index (Phi) is 5.25. The van der Waals surface area contributed by atoms with Gasteiger partial charge in [0.2, 0.25) is 5.88 Å². The van der Waals surface area contributed by atoms with Crippen LogP contribution >= 0.6 is 11.8 Å². The topological polar surface area (TPSA) is 51.7 Å². The highest BCUT2D eigenvalue weighted by Gasteiger charge is 2.31. The summed E-state index contributed by atoms with van der Waals surface area (Å²) in [5, 5.41) is 0.0231. The highest BCUT2D eigenvalue weighted by Crippen LogP contribution is 2.39. The zero-order valence-corrected chi connectivity index (χ0v) is 14.6. The van der Waals surface area contributed by atoms with Crippen molar-refractivity contribution in [2.45, 2.75) is 12.3 Å². The van der Waals surface area contributed by atoms with Crippen molar-refractivity contribution in [1.82, 2.24) is 9.88 Å². The van der Waals surface area contributed by atoms with Crippen molar-refractivity contribution in [3.05, 3.63) is 53.7 Å². The Balaban J connectivity index is 1.77. The second-order valence-electron chi connectivity index (χ2n) is 5.31. The standard InChI is InChI=1S/C18H20N2O3S/c1-3-23-16-9-6-14(12-19-16)17(21)20-10-11-24-18(20)13-4-7-15(22-2)8-5-13/h4-9,12,18H,3,10-11H2,1-2H3. The highest BCUT2D eigenvalue weighted by atomic mass is 32.2. The summed E-state index contributed by atoms with van der Waals surface area (Å²) in [4.78, 5) is 18.9. The van der Waals surface area contributed by atoms with E-state index in [-0.39, 0.29) is 11.3 Å². The predicted molar refractivity (Wildman–Crippen MR) is 94.6 cm³/mol.